The van der Waals surface area contributed by atoms with Crippen LogP contribution in [0.3, 0.4) is 0 Å². The number of furan rings is 1. The van der Waals surface area contributed by atoms with Gasteiger partial charge in [0.1, 0.15) is 11.8 Å². The second-order valence-corrected chi connectivity index (χ2v) is 2.95. The number of hydrogen-bond donors (Lipinski definition) is 3. The van der Waals surface area contributed by atoms with Crippen molar-refractivity contribution >= 4 is 11.9 Å². The number of rotatable bonds is 6. The molecule has 0 saturated heterocycles. The van der Waals surface area contributed by atoms with Gasteiger partial charge in [-0.25, -0.2) is 0 Å². The Bertz CT molecular complexity index is 332. The lowest BCUT2D eigenvalue weighted by Crippen LogP contribution is -2.37. The summed E-state index contributed by atoms with van der Waals surface area (Å²) in [4.78, 5) is 21.0. The normalized spacial score (nSPS) is 12.3. The van der Waals surface area contributed by atoms with Crippen LogP contribution in [0, 0.1) is 0 Å². The third kappa shape index (κ3) is 3.82. The molecule has 1 rings (SSSR count). The average molecular weight is 213 g/mol. The highest BCUT2D eigenvalue weighted by Gasteiger charge is 2.20. The summed E-state index contributed by atoms with van der Waals surface area (Å²) in [6, 6.07) is 2.24. The first-order chi connectivity index (χ1) is 7.09. The molecule has 1 heterocycles. The Balaban J connectivity index is 2.45. The summed E-state index contributed by atoms with van der Waals surface area (Å²) in [6.45, 7) is 0.192. The van der Waals surface area contributed by atoms with E-state index in [1.165, 1.54) is 6.26 Å². The molecule has 0 aliphatic heterocycles. The molecule has 6 heteroatoms. The van der Waals surface area contributed by atoms with Gasteiger partial charge in [0.2, 0.25) is 0 Å². The van der Waals surface area contributed by atoms with Gasteiger partial charge in [0.05, 0.1) is 19.2 Å². The van der Waals surface area contributed by atoms with Gasteiger partial charge in [-0.05, 0) is 12.1 Å². The van der Waals surface area contributed by atoms with Gasteiger partial charge in [-0.1, -0.05) is 0 Å². The van der Waals surface area contributed by atoms with Crippen LogP contribution in [0.2, 0.25) is 0 Å². The Hall–Kier alpha value is -1.82. The van der Waals surface area contributed by atoms with Gasteiger partial charge < -0.3 is 14.6 Å². The number of nitrogens with one attached hydrogen (secondary N) is 1. The second-order valence-electron chi connectivity index (χ2n) is 2.95. The van der Waals surface area contributed by atoms with Crippen LogP contribution < -0.4 is 5.32 Å². The lowest BCUT2D eigenvalue weighted by atomic mass is 10.2. The van der Waals surface area contributed by atoms with E-state index >= 15 is 0 Å². The first-order valence-corrected chi connectivity index (χ1v) is 4.30. The highest BCUT2D eigenvalue weighted by Crippen LogP contribution is 2.01. The lowest BCUT2D eigenvalue weighted by molar-refractivity contribution is -0.146. The number of carbonyl (C=O) groups is 2. The minimum atomic E-state index is -1.19. The van der Waals surface area contributed by atoms with Crippen LogP contribution in [-0.4, -0.2) is 28.2 Å². The number of aliphatic carboxylic acids is 2. The smallest absolute Gasteiger partial charge is 0.321 e. The molecule has 1 aromatic rings. The lowest BCUT2D eigenvalue weighted by Gasteiger charge is -2.10. The highest BCUT2D eigenvalue weighted by molar-refractivity contribution is 5.80. The Morgan fingerprint density at radius 3 is 2.67 bits per heavy atom. The van der Waals surface area contributed by atoms with Crippen LogP contribution in [0.5, 0.6) is 0 Å². The fraction of sp³-hybridized carbons (Fsp3) is 0.333. The first-order valence-electron chi connectivity index (χ1n) is 4.30. The van der Waals surface area contributed by atoms with Crippen LogP contribution in [0.4, 0.5) is 0 Å². The monoisotopic (exact) mass is 213 g/mol. The molecule has 0 saturated carbocycles. The average Bonchev–Trinajstić information content (AvgIpc) is 2.63. The molecule has 0 amide bonds. The molecule has 1 atom stereocenters. The van der Waals surface area contributed by atoms with E-state index < -0.39 is 24.4 Å². The zero-order chi connectivity index (χ0) is 11.3. The quantitative estimate of drug-likeness (QED) is 0.628. The van der Waals surface area contributed by atoms with Crippen molar-refractivity contribution in [3.8, 4) is 0 Å². The molecule has 0 bridgehead atoms. The fourth-order valence-electron chi connectivity index (χ4n) is 1.06. The van der Waals surface area contributed by atoms with Crippen molar-refractivity contribution in [2.24, 2.45) is 0 Å². The van der Waals surface area contributed by atoms with Crippen LogP contribution in [0.15, 0.2) is 22.8 Å². The zero-order valence-corrected chi connectivity index (χ0v) is 7.84. The standard InChI is InChI=1S/C9H11NO5/c11-8(12)4-7(9(13)14)10-5-6-2-1-3-15-6/h1-3,7,10H,4-5H2,(H,11,12)(H,13,14). The van der Waals surface area contributed by atoms with Gasteiger partial charge in [0.15, 0.2) is 0 Å². The third-order valence-corrected chi connectivity index (χ3v) is 1.78. The molecule has 82 valence electrons. The van der Waals surface area contributed by atoms with E-state index in [0.717, 1.165) is 0 Å². The largest absolute Gasteiger partial charge is 0.481 e. The number of carboxylic acid groups (broad SMARTS) is 2. The number of hydrogen-bond acceptors (Lipinski definition) is 4. The summed E-state index contributed by atoms with van der Waals surface area (Å²) >= 11 is 0. The van der Waals surface area contributed by atoms with Crippen molar-refractivity contribution < 1.29 is 24.2 Å². The van der Waals surface area contributed by atoms with Crippen molar-refractivity contribution in [1.29, 1.82) is 0 Å². The molecule has 0 aliphatic carbocycles. The summed E-state index contributed by atoms with van der Waals surface area (Å²) in [7, 11) is 0. The second kappa shape index (κ2) is 5.16. The van der Waals surface area contributed by atoms with Gasteiger partial charge >= 0.3 is 11.9 Å². The summed E-state index contributed by atoms with van der Waals surface area (Å²) < 4.78 is 4.97. The maximum absolute atomic E-state index is 10.6. The molecule has 3 N–H and O–H groups in total. The molecule has 0 aliphatic rings. The van der Waals surface area contributed by atoms with E-state index in [1.807, 2.05) is 0 Å². The predicted molar refractivity (Wildman–Crippen MR) is 49.2 cm³/mol. The van der Waals surface area contributed by atoms with Crippen LogP contribution >= 0.6 is 0 Å². The molecule has 0 fully saturated rings. The molecule has 0 radical (unpaired) electrons. The minimum absolute atomic E-state index is 0.192. The Morgan fingerprint density at radius 2 is 2.20 bits per heavy atom. The number of carboxylic acids is 2. The van der Waals surface area contributed by atoms with E-state index in [9.17, 15) is 9.59 Å². The fourth-order valence-corrected chi connectivity index (χ4v) is 1.06. The molecule has 0 spiro atoms. The highest BCUT2D eigenvalue weighted by atomic mass is 16.4. The summed E-state index contributed by atoms with van der Waals surface area (Å²) in [5.74, 6) is -1.79. The van der Waals surface area contributed by atoms with E-state index in [-0.39, 0.29) is 6.54 Å². The van der Waals surface area contributed by atoms with Gasteiger partial charge in [-0.3, -0.25) is 14.9 Å². The SMILES string of the molecule is O=C(O)CC(NCc1ccco1)C(=O)O. The van der Waals surface area contributed by atoms with Crippen LogP contribution in [-0.2, 0) is 16.1 Å². The van der Waals surface area contributed by atoms with E-state index in [1.54, 1.807) is 12.1 Å². The Labute approximate surface area is 85.5 Å². The molecular formula is C9H11NO5. The van der Waals surface area contributed by atoms with Crippen molar-refractivity contribution in [3.63, 3.8) is 0 Å². The third-order valence-electron chi connectivity index (χ3n) is 1.78. The van der Waals surface area contributed by atoms with Crippen LogP contribution in [0.1, 0.15) is 12.2 Å². The van der Waals surface area contributed by atoms with E-state index in [0.29, 0.717) is 5.76 Å². The van der Waals surface area contributed by atoms with Crippen LogP contribution in [0.25, 0.3) is 0 Å². The molecule has 1 unspecified atom stereocenters. The Morgan fingerprint density at radius 1 is 1.47 bits per heavy atom. The van der Waals surface area contributed by atoms with Crippen molar-refractivity contribution in [3.05, 3.63) is 24.2 Å². The molecule has 0 aromatic carbocycles. The maximum Gasteiger partial charge on any atom is 0.321 e. The summed E-state index contributed by atoms with van der Waals surface area (Å²) in [6.07, 6.45) is 1.00. The van der Waals surface area contributed by atoms with E-state index in [2.05, 4.69) is 5.32 Å². The molecule has 6 nitrogen and oxygen atoms in total. The topological polar surface area (TPSA) is 99.8 Å². The maximum atomic E-state index is 10.6. The zero-order valence-electron chi connectivity index (χ0n) is 7.84. The van der Waals surface area contributed by atoms with Gasteiger partial charge in [0.25, 0.3) is 0 Å². The first kappa shape index (κ1) is 11.3. The van der Waals surface area contributed by atoms with Gasteiger partial charge in [-0.2, -0.15) is 0 Å². The molecule has 15 heavy (non-hydrogen) atoms. The Kier molecular flexibility index (Phi) is 3.87. The molecule has 1 aromatic heterocycles. The van der Waals surface area contributed by atoms with Gasteiger partial charge in [-0.15, -0.1) is 0 Å². The van der Waals surface area contributed by atoms with Crippen molar-refractivity contribution in [1.82, 2.24) is 5.32 Å². The van der Waals surface area contributed by atoms with Crippen molar-refractivity contribution in [2.75, 3.05) is 0 Å². The van der Waals surface area contributed by atoms with Crippen molar-refractivity contribution in [2.45, 2.75) is 19.0 Å². The molecular weight excluding hydrogens is 202 g/mol. The summed E-state index contributed by atoms with van der Waals surface area (Å²) in [5.41, 5.74) is 0. The predicted octanol–water partition coefficient (Wildman–Crippen LogP) is 0.297. The van der Waals surface area contributed by atoms with Gasteiger partial charge in [0, 0.05) is 0 Å². The summed E-state index contributed by atoms with van der Waals surface area (Å²) in [5, 5.41) is 19.7. The minimum Gasteiger partial charge on any atom is -0.481 e. The van der Waals surface area contributed by atoms with E-state index in [4.69, 9.17) is 14.6 Å².